The van der Waals surface area contributed by atoms with Crippen molar-refractivity contribution in [3.8, 4) is 5.75 Å². The van der Waals surface area contributed by atoms with Crippen molar-refractivity contribution >= 4 is 11.6 Å². The second kappa shape index (κ2) is 9.67. The van der Waals surface area contributed by atoms with Crippen LogP contribution in [0.4, 0.5) is 0 Å². The Bertz CT molecular complexity index is 845. The zero-order valence-corrected chi connectivity index (χ0v) is 17.5. The molecule has 1 amide bonds. The van der Waals surface area contributed by atoms with E-state index in [9.17, 15) is 4.79 Å². The number of aryl methyl sites for hydroxylation is 1. The number of nitrogens with zero attached hydrogens (tertiary/aromatic N) is 2. The molecule has 154 valence electrons. The van der Waals surface area contributed by atoms with E-state index in [0.717, 1.165) is 29.8 Å². The van der Waals surface area contributed by atoms with Crippen LogP contribution in [0.15, 0.2) is 53.5 Å². The molecule has 1 N–H and O–H groups in total. The number of nitrogens with one attached hydrogen (secondary N) is 1. The third kappa shape index (κ3) is 5.43. The van der Waals surface area contributed by atoms with E-state index in [1.54, 1.807) is 7.11 Å². The van der Waals surface area contributed by atoms with Crippen molar-refractivity contribution in [3.05, 3.63) is 65.2 Å². The fraction of sp³-hybridized carbons (Fsp3) is 0.391. The van der Waals surface area contributed by atoms with Crippen LogP contribution >= 0.6 is 0 Å². The van der Waals surface area contributed by atoms with Gasteiger partial charge in [-0.3, -0.25) is 4.79 Å². The maximum Gasteiger partial charge on any atom is 0.268 e. The van der Waals surface area contributed by atoms with Gasteiger partial charge in [0.1, 0.15) is 17.6 Å². The van der Waals surface area contributed by atoms with Crippen molar-refractivity contribution in [1.29, 1.82) is 0 Å². The molecule has 0 saturated carbocycles. The van der Waals surface area contributed by atoms with Gasteiger partial charge in [-0.2, -0.15) is 0 Å². The summed E-state index contributed by atoms with van der Waals surface area (Å²) in [7, 11) is 5.66. The van der Waals surface area contributed by atoms with E-state index in [2.05, 4.69) is 15.2 Å². The van der Waals surface area contributed by atoms with Crippen LogP contribution in [0.2, 0.25) is 0 Å². The minimum absolute atomic E-state index is 0.181. The largest absolute Gasteiger partial charge is 0.497 e. The lowest BCUT2D eigenvalue weighted by atomic mass is 10.0. The molecule has 29 heavy (non-hydrogen) atoms. The van der Waals surface area contributed by atoms with Crippen LogP contribution in [0.25, 0.3) is 0 Å². The summed E-state index contributed by atoms with van der Waals surface area (Å²) in [5.41, 5.74) is 3.39. The molecule has 1 aliphatic rings. The third-order valence-corrected chi connectivity index (χ3v) is 4.85. The molecule has 0 fully saturated rings. The number of aliphatic imine (C=N–C) groups is 1. The summed E-state index contributed by atoms with van der Waals surface area (Å²) in [5, 5.41) is 2.98. The second-order valence-electron chi connectivity index (χ2n) is 7.48. The molecular formula is C23H29N3O3. The van der Waals surface area contributed by atoms with Crippen molar-refractivity contribution in [2.24, 2.45) is 4.99 Å². The van der Waals surface area contributed by atoms with E-state index in [0.29, 0.717) is 12.3 Å². The van der Waals surface area contributed by atoms with E-state index in [-0.39, 0.29) is 5.91 Å². The lowest BCUT2D eigenvalue weighted by Gasteiger charge is -2.16. The molecular weight excluding hydrogens is 366 g/mol. The Hall–Kier alpha value is -2.70. The number of ether oxygens (including phenoxy) is 2. The van der Waals surface area contributed by atoms with Crippen LogP contribution < -0.4 is 10.1 Å². The number of rotatable bonds is 8. The highest BCUT2D eigenvalue weighted by atomic mass is 16.5. The molecule has 6 heteroatoms. The Morgan fingerprint density at radius 2 is 1.76 bits per heavy atom. The molecule has 0 aromatic heterocycles. The van der Waals surface area contributed by atoms with Gasteiger partial charge < -0.3 is 19.7 Å². The van der Waals surface area contributed by atoms with Gasteiger partial charge in [-0.15, -0.1) is 0 Å². The van der Waals surface area contributed by atoms with Gasteiger partial charge in [0.25, 0.3) is 5.91 Å². The summed E-state index contributed by atoms with van der Waals surface area (Å²) in [6.45, 7) is 3.55. The first-order valence-electron chi connectivity index (χ1n) is 9.84. The molecule has 0 bridgehead atoms. The molecule has 0 spiro atoms. The molecule has 1 aliphatic heterocycles. The van der Waals surface area contributed by atoms with Gasteiger partial charge in [-0.05, 0) is 51.7 Å². The summed E-state index contributed by atoms with van der Waals surface area (Å²) >= 11 is 0. The highest BCUT2D eigenvalue weighted by molar-refractivity contribution is 6.41. The summed E-state index contributed by atoms with van der Waals surface area (Å²) in [6.07, 6.45) is -0.132. The van der Waals surface area contributed by atoms with Gasteiger partial charge in [-0.25, -0.2) is 4.99 Å². The van der Waals surface area contributed by atoms with Crippen LogP contribution in [-0.2, 0) is 9.53 Å². The maximum atomic E-state index is 12.9. The first kappa shape index (κ1) is 21.0. The Morgan fingerprint density at radius 1 is 1.10 bits per heavy atom. The van der Waals surface area contributed by atoms with Gasteiger partial charge in [0.2, 0.25) is 0 Å². The Kier molecular flexibility index (Phi) is 7.01. The Morgan fingerprint density at radius 3 is 2.38 bits per heavy atom. The summed E-state index contributed by atoms with van der Waals surface area (Å²) in [6, 6.07) is 15.6. The summed E-state index contributed by atoms with van der Waals surface area (Å²) in [5.74, 6) is 0.577. The SMILES string of the molecule is COc1ccc([C@H]2O[C@@H](c3ccc(C)cc3)N=C2C(=O)NCCCN(C)C)cc1. The van der Waals surface area contributed by atoms with Gasteiger partial charge >= 0.3 is 0 Å². The molecule has 2 aromatic carbocycles. The van der Waals surface area contributed by atoms with E-state index in [4.69, 9.17) is 9.47 Å². The molecule has 0 unspecified atom stereocenters. The average Bonchev–Trinajstić information content (AvgIpc) is 3.17. The number of benzene rings is 2. The maximum absolute atomic E-state index is 12.9. The lowest BCUT2D eigenvalue weighted by molar-refractivity contribution is -0.115. The van der Waals surface area contributed by atoms with E-state index < -0.39 is 12.3 Å². The quantitative estimate of drug-likeness (QED) is 0.697. The van der Waals surface area contributed by atoms with E-state index in [1.165, 1.54) is 5.56 Å². The van der Waals surface area contributed by atoms with Crippen molar-refractivity contribution in [1.82, 2.24) is 10.2 Å². The van der Waals surface area contributed by atoms with Gasteiger partial charge in [0.15, 0.2) is 6.23 Å². The molecule has 0 aliphatic carbocycles. The molecule has 0 saturated heterocycles. The molecule has 0 radical (unpaired) electrons. The molecule has 2 atom stereocenters. The zero-order valence-electron chi connectivity index (χ0n) is 17.5. The minimum Gasteiger partial charge on any atom is -0.497 e. The van der Waals surface area contributed by atoms with Crippen molar-refractivity contribution in [2.45, 2.75) is 25.7 Å². The number of hydrogen-bond donors (Lipinski definition) is 1. The first-order valence-corrected chi connectivity index (χ1v) is 9.84. The van der Waals surface area contributed by atoms with Gasteiger partial charge in [0, 0.05) is 12.1 Å². The lowest BCUT2D eigenvalue weighted by Crippen LogP contribution is -2.35. The zero-order chi connectivity index (χ0) is 20.8. The predicted octanol–water partition coefficient (Wildman–Crippen LogP) is 3.28. The van der Waals surface area contributed by atoms with Gasteiger partial charge in [0.05, 0.1) is 7.11 Å². The summed E-state index contributed by atoms with van der Waals surface area (Å²) in [4.78, 5) is 19.6. The topological polar surface area (TPSA) is 63.2 Å². The molecule has 2 aromatic rings. The van der Waals surface area contributed by atoms with Gasteiger partial charge in [-0.1, -0.05) is 42.0 Å². The Balaban J connectivity index is 1.79. The number of carbonyl (C=O) groups excluding carboxylic acids is 1. The van der Waals surface area contributed by atoms with Crippen LogP contribution in [-0.4, -0.2) is 50.8 Å². The second-order valence-corrected chi connectivity index (χ2v) is 7.48. The van der Waals surface area contributed by atoms with Crippen molar-refractivity contribution < 1.29 is 14.3 Å². The average molecular weight is 396 g/mol. The highest BCUT2D eigenvalue weighted by Gasteiger charge is 2.35. The number of carbonyl (C=O) groups is 1. The normalized spacial score (nSPS) is 18.6. The smallest absolute Gasteiger partial charge is 0.268 e. The fourth-order valence-corrected chi connectivity index (χ4v) is 3.18. The first-order chi connectivity index (χ1) is 14.0. The van der Waals surface area contributed by atoms with Crippen LogP contribution in [0, 0.1) is 6.92 Å². The minimum atomic E-state index is -0.513. The van der Waals surface area contributed by atoms with Crippen LogP contribution in [0.5, 0.6) is 5.75 Å². The number of hydrogen-bond acceptors (Lipinski definition) is 5. The monoisotopic (exact) mass is 395 g/mol. The standard InChI is InChI=1S/C23H29N3O3/c1-16-6-8-18(9-7-16)23-25-20(22(27)24-14-5-15-26(2)3)21(29-23)17-10-12-19(28-4)13-11-17/h6-13,21,23H,5,14-15H2,1-4H3,(H,24,27)/t21-,23+/m1/s1. The van der Waals surface area contributed by atoms with Crippen LogP contribution in [0.3, 0.4) is 0 Å². The van der Waals surface area contributed by atoms with E-state index >= 15 is 0 Å². The summed E-state index contributed by atoms with van der Waals surface area (Å²) < 4.78 is 11.4. The number of methoxy groups -OCH3 is 1. The Labute approximate surface area is 172 Å². The number of amides is 1. The fourth-order valence-electron chi connectivity index (χ4n) is 3.18. The van der Waals surface area contributed by atoms with E-state index in [1.807, 2.05) is 69.6 Å². The molecule has 3 rings (SSSR count). The molecule has 6 nitrogen and oxygen atoms in total. The van der Waals surface area contributed by atoms with Crippen molar-refractivity contribution in [3.63, 3.8) is 0 Å². The highest BCUT2D eigenvalue weighted by Crippen LogP contribution is 2.36. The predicted molar refractivity (Wildman–Crippen MR) is 114 cm³/mol. The van der Waals surface area contributed by atoms with Crippen molar-refractivity contribution in [2.75, 3.05) is 34.3 Å². The molecule has 1 heterocycles. The third-order valence-electron chi connectivity index (χ3n) is 4.85. The van der Waals surface area contributed by atoms with Crippen LogP contribution in [0.1, 0.15) is 35.4 Å².